The molecule has 4 N–H and O–H groups in total. The standard InChI is InChI=1S/C28H36N6O2/c1-28(2,35)8-5-20-11-21(15-30-3)13-22(12-20)19-36-26-14-23(16-31-27(26)29)24-17-32-34(18-24)25-6-9-33(4)10-7-25/h11-14,16-18,25,30,35H,6-7,9-10,15,19H2,1-4H3,(H2,29,31)/i19D2. The van der Waals surface area contributed by atoms with Crippen molar-refractivity contribution in [1.29, 1.82) is 0 Å². The predicted octanol–water partition coefficient (Wildman–Crippen LogP) is 3.21. The first-order valence-electron chi connectivity index (χ1n) is 13.2. The lowest BCUT2D eigenvalue weighted by atomic mass is 10.0. The summed E-state index contributed by atoms with van der Waals surface area (Å²) in [5, 5.41) is 17.6. The molecule has 1 saturated heterocycles. The monoisotopic (exact) mass is 490 g/mol. The first-order chi connectivity index (χ1) is 17.9. The number of hydrogen-bond donors (Lipinski definition) is 3. The maximum absolute atomic E-state index is 10.00. The molecular formula is C28H36N6O2. The molecule has 8 heteroatoms. The van der Waals surface area contributed by atoms with E-state index in [1.807, 2.05) is 24.0 Å². The number of aliphatic hydroxyl groups is 1. The van der Waals surface area contributed by atoms with Gasteiger partial charge in [-0.05, 0) is 83.2 Å². The van der Waals surface area contributed by atoms with E-state index < -0.39 is 12.2 Å². The number of nitrogens with one attached hydrogen (secondary N) is 1. The second kappa shape index (κ2) is 11.1. The number of likely N-dealkylation sites (tertiary alicyclic amines) is 1. The summed E-state index contributed by atoms with van der Waals surface area (Å²) in [6.45, 7) is 3.57. The van der Waals surface area contributed by atoms with Crippen LogP contribution in [0.1, 0.15) is 52.2 Å². The van der Waals surface area contributed by atoms with E-state index in [1.165, 1.54) is 0 Å². The summed E-state index contributed by atoms with van der Waals surface area (Å²) in [5.41, 5.74) is 8.22. The highest BCUT2D eigenvalue weighted by Crippen LogP contribution is 2.29. The zero-order valence-corrected chi connectivity index (χ0v) is 21.4. The minimum absolute atomic E-state index is 0.0914. The molecule has 1 fully saturated rings. The molecular weight excluding hydrogens is 452 g/mol. The Morgan fingerprint density at radius 1 is 1.19 bits per heavy atom. The van der Waals surface area contributed by atoms with Crippen LogP contribution in [0, 0.1) is 11.8 Å². The molecule has 1 aliphatic rings. The summed E-state index contributed by atoms with van der Waals surface area (Å²) in [7, 11) is 3.94. The number of hydrogen-bond acceptors (Lipinski definition) is 7. The van der Waals surface area contributed by atoms with Gasteiger partial charge in [0.2, 0.25) is 0 Å². The van der Waals surface area contributed by atoms with Gasteiger partial charge in [0, 0.05) is 35.6 Å². The Bertz CT molecular complexity index is 1330. The number of benzene rings is 1. The zero-order chi connectivity index (χ0) is 27.5. The van der Waals surface area contributed by atoms with Gasteiger partial charge >= 0.3 is 0 Å². The number of pyridine rings is 1. The van der Waals surface area contributed by atoms with Crippen LogP contribution in [0.15, 0.2) is 42.9 Å². The van der Waals surface area contributed by atoms with Crippen LogP contribution in [0.3, 0.4) is 0 Å². The molecule has 0 bridgehead atoms. The predicted molar refractivity (Wildman–Crippen MR) is 142 cm³/mol. The zero-order valence-electron chi connectivity index (χ0n) is 23.4. The van der Waals surface area contributed by atoms with E-state index in [-0.39, 0.29) is 17.1 Å². The van der Waals surface area contributed by atoms with Gasteiger partial charge in [0.15, 0.2) is 11.6 Å². The van der Waals surface area contributed by atoms with Crippen LogP contribution >= 0.6 is 0 Å². The molecule has 3 aromatic rings. The number of anilines is 1. The van der Waals surface area contributed by atoms with Gasteiger partial charge in [0.25, 0.3) is 0 Å². The first-order valence-corrected chi connectivity index (χ1v) is 12.2. The van der Waals surface area contributed by atoms with Crippen LogP contribution in [-0.4, -0.2) is 57.6 Å². The average Bonchev–Trinajstić information content (AvgIpc) is 3.34. The molecule has 0 spiro atoms. The van der Waals surface area contributed by atoms with Gasteiger partial charge < -0.3 is 25.8 Å². The highest BCUT2D eigenvalue weighted by molar-refractivity contribution is 5.65. The van der Waals surface area contributed by atoms with Gasteiger partial charge in [0.05, 0.1) is 15.0 Å². The molecule has 0 aliphatic carbocycles. The van der Waals surface area contributed by atoms with Crippen LogP contribution in [0.4, 0.5) is 5.82 Å². The van der Waals surface area contributed by atoms with E-state index in [9.17, 15) is 5.11 Å². The summed E-state index contributed by atoms with van der Waals surface area (Å²) in [4.78, 5) is 6.59. The maximum atomic E-state index is 10.00. The van der Waals surface area contributed by atoms with Gasteiger partial charge in [-0.25, -0.2) is 4.98 Å². The molecule has 0 radical (unpaired) electrons. The molecule has 0 saturated carbocycles. The smallest absolute Gasteiger partial charge is 0.166 e. The van der Waals surface area contributed by atoms with E-state index in [0.29, 0.717) is 18.2 Å². The normalized spacial score (nSPS) is 16.1. The van der Waals surface area contributed by atoms with E-state index in [1.54, 1.807) is 44.4 Å². The van der Waals surface area contributed by atoms with Gasteiger partial charge in [-0.3, -0.25) is 4.68 Å². The van der Waals surface area contributed by atoms with Crippen LogP contribution < -0.4 is 15.8 Å². The van der Waals surface area contributed by atoms with Gasteiger partial charge in [-0.1, -0.05) is 17.9 Å². The Labute approximate surface area is 216 Å². The minimum atomic E-state index is -2.22. The molecule has 2 aromatic heterocycles. The molecule has 4 rings (SSSR count). The van der Waals surface area contributed by atoms with Crippen molar-refractivity contribution >= 4 is 5.82 Å². The highest BCUT2D eigenvalue weighted by atomic mass is 16.5. The SMILES string of the molecule is [2H]C([2H])(Oc1cc(-c2cnn(C3CCN(C)CC3)c2)cnc1N)c1cc(C#CC(C)(C)O)cc(CNC)c1. The molecule has 0 atom stereocenters. The Hall–Kier alpha value is -3.38. The fourth-order valence-corrected chi connectivity index (χ4v) is 4.11. The summed E-state index contributed by atoms with van der Waals surface area (Å²) in [5.74, 6) is 5.95. The number of ether oxygens (including phenoxy) is 1. The van der Waals surface area contributed by atoms with Crippen molar-refractivity contribution in [3.05, 3.63) is 59.5 Å². The summed E-state index contributed by atoms with van der Waals surface area (Å²) >= 11 is 0. The third-order valence-electron chi connectivity index (χ3n) is 6.04. The van der Waals surface area contributed by atoms with Crippen molar-refractivity contribution in [1.82, 2.24) is 25.0 Å². The Morgan fingerprint density at radius 2 is 1.94 bits per heavy atom. The molecule has 190 valence electrons. The van der Waals surface area contributed by atoms with E-state index in [4.69, 9.17) is 13.2 Å². The van der Waals surface area contributed by atoms with Crippen molar-refractivity contribution in [2.45, 2.75) is 51.4 Å². The second-order valence-corrected chi connectivity index (χ2v) is 9.81. The Kier molecular flexibility index (Phi) is 7.12. The number of nitrogen functional groups attached to an aromatic ring is 1. The Morgan fingerprint density at radius 3 is 2.67 bits per heavy atom. The molecule has 3 heterocycles. The lowest BCUT2D eigenvalue weighted by Crippen LogP contribution is -2.31. The summed E-state index contributed by atoms with van der Waals surface area (Å²) < 4.78 is 25.3. The molecule has 1 aromatic carbocycles. The second-order valence-electron chi connectivity index (χ2n) is 9.81. The van der Waals surface area contributed by atoms with Gasteiger partial charge in [-0.2, -0.15) is 5.10 Å². The fraction of sp³-hybridized carbons (Fsp3) is 0.429. The molecule has 8 nitrogen and oxygen atoms in total. The van der Waals surface area contributed by atoms with Crippen LogP contribution in [0.5, 0.6) is 5.75 Å². The average molecular weight is 491 g/mol. The maximum Gasteiger partial charge on any atom is 0.166 e. The highest BCUT2D eigenvalue weighted by Gasteiger charge is 2.19. The topological polar surface area (TPSA) is 101 Å². The van der Waals surface area contributed by atoms with E-state index in [0.717, 1.165) is 42.6 Å². The summed E-state index contributed by atoms with van der Waals surface area (Å²) in [6.07, 6.45) is 7.52. The van der Waals surface area contributed by atoms with Crippen molar-refractivity contribution in [2.75, 3.05) is 32.9 Å². The van der Waals surface area contributed by atoms with Crippen molar-refractivity contribution in [3.63, 3.8) is 0 Å². The largest absolute Gasteiger partial charge is 0.485 e. The van der Waals surface area contributed by atoms with Gasteiger partial charge in [-0.15, -0.1) is 0 Å². The molecule has 0 amide bonds. The fourth-order valence-electron chi connectivity index (χ4n) is 4.11. The van der Waals surface area contributed by atoms with Crippen molar-refractivity contribution in [3.8, 4) is 28.7 Å². The molecule has 0 unspecified atom stereocenters. The van der Waals surface area contributed by atoms with E-state index in [2.05, 4.69) is 39.2 Å². The molecule has 1 aliphatic heterocycles. The minimum Gasteiger partial charge on any atom is -0.485 e. The van der Waals surface area contributed by atoms with Crippen LogP contribution in [-0.2, 0) is 13.1 Å². The number of nitrogens with zero attached hydrogens (tertiary/aromatic N) is 4. The first kappa shape index (κ1) is 23.0. The van der Waals surface area contributed by atoms with Gasteiger partial charge in [0.1, 0.15) is 12.2 Å². The number of piperidine rings is 1. The number of aromatic nitrogens is 3. The molecule has 36 heavy (non-hydrogen) atoms. The van der Waals surface area contributed by atoms with Crippen molar-refractivity contribution < 1.29 is 12.6 Å². The van der Waals surface area contributed by atoms with Crippen molar-refractivity contribution in [2.24, 2.45) is 0 Å². The summed E-state index contributed by atoms with van der Waals surface area (Å²) in [6, 6.07) is 7.25. The van der Waals surface area contributed by atoms with E-state index >= 15 is 0 Å². The van der Waals surface area contributed by atoms with Crippen LogP contribution in [0.25, 0.3) is 11.1 Å². The lowest BCUT2D eigenvalue weighted by Gasteiger charge is -2.28. The number of nitrogens with two attached hydrogens (primary N) is 1. The quantitative estimate of drug-likeness (QED) is 0.437. The third kappa shape index (κ3) is 6.85. The van der Waals surface area contributed by atoms with Crippen LogP contribution in [0.2, 0.25) is 0 Å². The number of rotatable bonds is 7. The lowest BCUT2D eigenvalue weighted by molar-refractivity contribution is 0.143. The Balaban J connectivity index is 1.60. The third-order valence-corrected chi connectivity index (χ3v) is 6.04.